The maximum Gasteiger partial charge on any atom is 0.407 e. The first-order chi connectivity index (χ1) is 8.58. The second kappa shape index (κ2) is 5.40. The number of rotatable bonds is 3. The van der Waals surface area contributed by atoms with Crippen molar-refractivity contribution in [3.63, 3.8) is 0 Å². The number of carboxylic acid groups (broad SMARTS) is 1. The molecule has 2 atom stereocenters. The van der Waals surface area contributed by atoms with Crippen LogP contribution in [0.15, 0.2) is 5.11 Å². The van der Waals surface area contributed by atoms with Gasteiger partial charge in [0.25, 0.3) is 0 Å². The lowest BCUT2D eigenvalue weighted by Crippen LogP contribution is -2.46. The summed E-state index contributed by atoms with van der Waals surface area (Å²) in [6.07, 6.45) is -1.28. The van der Waals surface area contributed by atoms with E-state index in [1.807, 2.05) is 0 Å². The molecule has 2 unspecified atom stereocenters. The van der Waals surface area contributed by atoms with Crippen LogP contribution in [0.1, 0.15) is 20.8 Å². The summed E-state index contributed by atoms with van der Waals surface area (Å²) in [6.45, 7) is 11.2. The van der Waals surface area contributed by atoms with E-state index in [0.29, 0.717) is 6.54 Å². The Morgan fingerprint density at radius 1 is 1.47 bits per heavy atom. The molecule has 0 aromatic heterocycles. The highest BCUT2D eigenvalue weighted by Crippen LogP contribution is 2.38. The van der Waals surface area contributed by atoms with Gasteiger partial charge in [-0.2, -0.15) is 0 Å². The van der Waals surface area contributed by atoms with Gasteiger partial charge in [0.2, 0.25) is 4.91 Å². The highest BCUT2D eigenvalue weighted by molar-refractivity contribution is 6.74. The van der Waals surface area contributed by atoms with Crippen LogP contribution in [0.2, 0.25) is 18.1 Å². The Balaban J connectivity index is 2.86. The molecule has 1 amide bonds. The molecule has 1 aliphatic rings. The fraction of sp³-hybridized carbons (Fsp3) is 0.909. The summed E-state index contributed by atoms with van der Waals surface area (Å²) in [4.78, 5) is 15.3. The van der Waals surface area contributed by atoms with Gasteiger partial charge in [-0.25, -0.2) is 4.79 Å². The minimum absolute atomic E-state index is 0.0479. The van der Waals surface area contributed by atoms with Crippen LogP contribution < -0.4 is 4.91 Å². The van der Waals surface area contributed by atoms with Crippen LogP contribution in [0.25, 0.3) is 0 Å². The number of hydrogen-bond donors (Lipinski definition) is 2. The highest BCUT2D eigenvalue weighted by Gasteiger charge is 2.46. The van der Waals surface area contributed by atoms with E-state index >= 15 is 0 Å². The van der Waals surface area contributed by atoms with E-state index in [2.05, 4.69) is 43.9 Å². The zero-order valence-corrected chi connectivity index (χ0v) is 13.2. The molecule has 8 heteroatoms. The van der Waals surface area contributed by atoms with Gasteiger partial charge >= 0.3 is 6.09 Å². The van der Waals surface area contributed by atoms with Crippen LogP contribution in [0.5, 0.6) is 0 Å². The molecule has 1 rings (SSSR count). The third-order valence-corrected chi connectivity index (χ3v) is 8.47. The van der Waals surface area contributed by atoms with Crippen molar-refractivity contribution in [3.8, 4) is 0 Å². The van der Waals surface area contributed by atoms with Crippen molar-refractivity contribution in [3.05, 3.63) is 0 Å². The largest absolute Gasteiger partial charge is 0.465 e. The molecule has 1 fully saturated rings. The summed E-state index contributed by atoms with van der Waals surface area (Å²) in [7, 11) is -1.99. The summed E-state index contributed by atoms with van der Waals surface area (Å²) in [5, 5.41) is 12.9. The van der Waals surface area contributed by atoms with Crippen LogP contribution in [-0.2, 0) is 4.43 Å². The van der Waals surface area contributed by atoms with Gasteiger partial charge < -0.3 is 14.4 Å². The number of hydrogen-bond acceptors (Lipinski definition) is 4. The van der Waals surface area contributed by atoms with E-state index < -0.39 is 14.4 Å². The fourth-order valence-corrected chi connectivity index (χ4v) is 3.11. The van der Waals surface area contributed by atoms with E-state index in [4.69, 9.17) is 15.1 Å². The molecule has 7 nitrogen and oxygen atoms in total. The van der Waals surface area contributed by atoms with Crippen LogP contribution in [0.3, 0.4) is 0 Å². The topological polar surface area (TPSA) is 100 Å². The number of amides is 1. The number of nitrogens with zero attached hydrogens (tertiary/aromatic N) is 3. The van der Waals surface area contributed by atoms with Gasteiger partial charge in [-0.3, -0.25) is 0 Å². The third-order valence-electron chi connectivity index (χ3n) is 3.97. The van der Waals surface area contributed by atoms with Gasteiger partial charge in [-0.1, -0.05) is 20.8 Å². The van der Waals surface area contributed by atoms with E-state index in [1.54, 1.807) is 0 Å². The molecule has 0 aromatic rings. The van der Waals surface area contributed by atoms with Crippen LogP contribution in [-0.4, -0.2) is 49.7 Å². The fourth-order valence-electron chi connectivity index (χ4n) is 1.77. The van der Waals surface area contributed by atoms with E-state index in [0.717, 1.165) is 0 Å². The molecule has 108 valence electrons. The van der Waals surface area contributed by atoms with Gasteiger partial charge in [-0.15, -0.1) is 0 Å². The Kier molecular flexibility index (Phi) is 4.49. The van der Waals surface area contributed by atoms with Crippen LogP contribution in [0.4, 0.5) is 4.79 Å². The van der Waals surface area contributed by atoms with Crippen molar-refractivity contribution in [2.45, 2.75) is 51.0 Å². The Hall–Kier alpha value is -1.24. The van der Waals surface area contributed by atoms with Gasteiger partial charge in [-0.05, 0) is 18.1 Å². The van der Waals surface area contributed by atoms with Crippen molar-refractivity contribution in [2.75, 3.05) is 13.1 Å². The molecule has 0 bridgehead atoms. The number of carbonyl (C=O) groups is 1. The maximum absolute atomic E-state index is 11.0. The molecule has 2 N–H and O–H groups in total. The van der Waals surface area contributed by atoms with Gasteiger partial charge in [0, 0.05) is 0 Å². The van der Waals surface area contributed by atoms with Crippen molar-refractivity contribution in [1.82, 2.24) is 9.81 Å². The second-order valence-corrected chi connectivity index (χ2v) is 11.1. The molecule has 0 aromatic carbocycles. The highest BCUT2D eigenvalue weighted by atomic mass is 28.4. The second-order valence-electron chi connectivity index (χ2n) is 6.39. The van der Waals surface area contributed by atoms with Crippen LogP contribution >= 0.6 is 0 Å². The molecule has 0 aliphatic carbocycles. The summed E-state index contributed by atoms with van der Waals surface area (Å²) in [6, 6.07) is -0.372. The predicted molar refractivity (Wildman–Crippen MR) is 72.7 cm³/mol. The lowest BCUT2D eigenvalue weighted by molar-refractivity contribution is 0.141. The molecule has 1 aliphatic heterocycles. The summed E-state index contributed by atoms with van der Waals surface area (Å²) in [5.74, 6) is 0. The van der Waals surface area contributed by atoms with Crippen molar-refractivity contribution >= 4 is 14.4 Å². The average molecular weight is 287 g/mol. The Morgan fingerprint density at radius 3 is 2.47 bits per heavy atom. The molecular formula is C11H23N4O3Si+. The van der Waals surface area contributed by atoms with Gasteiger partial charge in [0.05, 0.1) is 19.2 Å². The monoisotopic (exact) mass is 287 g/mol. The average Bonchev–Trinajstić information content (AvgIpc) is 2.60. The predicted octanol–water partition coefficient (Wildman–Crippen LogP) is 2.29. The molecule has 0 saturated carbocycles. The Bertz CT molecular complexity index is 401. The lowest BCUT2D eigenvalue weighted by atomic mass is 10.2. The third kappa shape index (κ3) is 3.62. The van der Waals surface area contributed by atoms with Crippen LogP contribution in [0, 0.1) is 5.53 Å². The summed E-state index contributed by atoms with van der Waals surface area (Å²) < 4.78 is 6.21. The van der Waals surface area contributed by atoms with Crippen molar-refractivity contribution < 1.29 is 14.3 Å². The van der Waals surface area contributed by atoms with Crippen molar-refractivity contribution in [2.24, 2.45) is 5.11 Å². The molecule has 0 radical (unpaired) electrons. The summed E-state index contributed by atoms with van der Waals surface area (Å²) >= 11 is 0. The molecule has 0 spiro atoms. The van der Waals surface area contributed by atoms with Gasteiger partial charge in [0.1, 0.15) is 10.6 Å². The van der Waals surface area contributed by atoms with Crippen molar-refractivity contribution in [1.29, 1.82) is 5.53 Å². The lowest BCUT2D eigenvalue weighted by Gasteiger charge is -2.38. The SMILES string of the molecule is CC(C)(C)[Si](C)(C)OC1CN(C(=O)O)CC1N=[N+]=N. The maximum atomic E-state index is 11.0. The van der Waals surface area contributed by atoms with E-state index in [-0.39, 0.29) is 23.7 Å². The smallest absolute Gasteiger partial charge is 0.407 e. The van der Waals surface area contributed by atoms with E-state index in [1.165, 1.54) is 4.90 Å². The molecular weight excluding hydrogens is 264 g/mol. The number of likely N-dealkylation sites (tertiary alicyclic amines) is 1. The first-order valence-electron chi connectivity index (χ1n) is 6.31. The van der Waals surface area contributed by atoms with E-state index in [9.17, 15) is 4.79 Å². The summed E-state index contributed by atoms with van der Waals surface area (Å²) in [5.41, 5.74) is 6.83. The first-order valence-corrected chi connectivity index (χ1v) is 9.21. The standard InChI is InChI=1S/C11H22N4O3Si/c1-11(2,3)19(4,5)18-9-7-15(10(16)17)6-8(9)13-14-12/h8-9,12H,6-7H2,1-5H3/p+1. The van der Waals surface area contributed by atoms with Gasteiger partial charge in [0.15, 0.2) is 14.4 Å². The quantitative estimate of drug-likeness (QED) is 0.473. The number of nitrogens with one attached hydrogen (secondary N) is 1. The Labute approximate surface area is 114 Å². The first kappa shape index (κ1) is 15.8. The normalized spacial score (nSPS) is 24.2. The zero-order chi connectivity index (χ0) is 14.8. The molecule has 1 saturated heterocycles. The minimum atomic E-state index is -1.99. The minimum Gasteiger partial charge on any atom is -0.465 e. The molecule has 19 heavy (non-hydrogen) atoms. The zero-order valence-electron chi connectivity index (χ0n) is 12.2. The Morgan fingerprint density at radius 2 is 2.05 bits per heavy atom. The molecule has 1 heterocycles.